The summed E-state index contributed by atoms with van der Waals surface area (Å²) in [5.74, 6) is 1.66. The van der Waals surface area contributed by atoms with E-state index in [1.165, 1.54) is 0 Å². The van der Waals surface area contributed by atoms with Crippen LogP contribution in [-0.4, -0.2) is 24.1 Å². The van der Waals surface area contributed by atoms with Gasteiger partial charge in [-0.2, -0.15) is 0 Å². The highest BCUT2D eigenvalue weighted by Gasteiger charge is 2.05. The molecule has 88 valence electrons. The Morgan fingerprint density at radius 1 is 1.18 bits per heavy atom. The first-order chi connectivity index (χ1) is 8.20. The molecule has 0 unspecified atom stereocenters. The maximum Gasteiger partial charge on any atom is 0.138 e. The highest BCUT2D eigenvalue weighted by Crippen LogP contribution is 2.24. The Hall–Kier alpha value is -1.62. The second-order valence-corrected chi connectivity index (χ2v) is 4.46. The van der Waals surface area contributed by atoms with Gasteiger partial charge < -0.3 is 10.2 Å². The van der Waals surface area contributed by atoms with Crippen molar-refractivity contribution in [1.29, 1.82) is 0 Å². The van der Waals surface area contributed by atoms with E-state index in [0.29, 0.717) is 0 Å². The Morgan fingerprint density at radius 3 is 2.53 bits per heavy atom. The molecule has 1 N–H and O–H groups in total. The first-order valence-corrected chi connectivity index (χ1v) is 5.99. The second-order valence-electron chi connectivity index (χ2n) is 3.55. The van der Waals surface area contributed by atoms with Crippen molar-refractivity contribution in [3.63, 3.8) is 0 Å². The molecule has 2 aromatic rings. The average Bonchev–Trinajstić information content (AvgIpc) is 2.39. The van der Waals surface area contributed by atoms with Gasteiger partial charge in [0.25, 0.3) is 0 Å². The van der Waals surface area contributed by atoms with Crippen LogP contribution in [0.15, 0.2) is 41.1 Å². The lowest BCUT2D eigenvalue weighted by molar-refractivity contribution is 1.08. The molecular weight excluding hydrogens is 280 g/mol. The molecule has 1 aromatic heterocycles. The lowest BCUT2D eigenvalue weighted by atomic mass is 10.3. The van der Waals surface area contributed by atoms with Gasteiger partial charge in [0.1, 0.15) is 18.0 Å². The molecule has 0 saturated heterocycles. The van der Waals surface area contributed by atoms with Gasteiger partial charge in [-0.25, -0.2) is 9.97 Å². The zero-order valence-electron chi connectivity index (χ0n) is 9.68. The van der Waals surface area contributed by atoms with Gasteiger partial charge in [-0.05, 0) is 24.3 Å². The van der Waals surface area contributed by atoms with Crippen molar-refractivity contribution >= 4 is 33.3 Å². The zero-order valence-corrected chi connectivity index (χ0v) is 11.3. The van der Waals surface area contributed by atoms with Crippen LogP contribution >= 0.6 is 15.9 Å². The van der Waals surface area contributed by atoms with Crippen LogP contribution in [0, 0.1) is 0 Å². The third kappa shape index (κ3) is 2.74. The maximum atomic E-state index is 4.25. The van der Waals surface area contributed by atoms with E-state index in [-0.39, 0.29) is 0 Å². The molecule has 17 heavy (non-hydrogen) atoms. The fourth-order valence-corrected chi connectivity index (χ4v) is 1.73. The molecule has 2 rings (SSSR count). The minimum Gasteiger partial charge on any atom is -0.373 e. The van der Waals surface area contributed by atoms with Crippen LogP contribution in [0.3, 0.4) is 0 Å². The number of nitrogens with one attached hydrogen (secondary N) is 1. The van der Waals surface area contributed by atoms with Crippen molar-refractivity contribution in [2.75, 3.05) is 24.3 Å². The summed E-state index contributed by atoms with van der Waals surface area (Å²) in [6.07, 6.45) is 1.55. The Balaban J connectivity index is 2.29. The fourth-order valence-electron chi connectivity index (χ4n) is 1.46. The quantitative estimate of drug-likeness (QED) is 0.944. The van der Waals surface area contributed by atoms with Gasteiger partial charge in [-0.3, -0.25) is 0 Å². The van der Waals surface area contributed by atoms with E-state index < -0.39 is 0 Å². The van der Waals surface area contributed by atoms with Gasteiger partial charge in [0.2, 0.25) is 0 Å². The molecule has 0 radical (unpaired) electrons. The van der Waals surface area contributed by atoms with Crippen LogP contribution in [0.2, 0.25) is 0 Å². The summed E-state index contributed by atoms with van der Waals surface area (Å²) in [6.45, 7) is 0. The number of benzene rings is 1. The van der Waals surface area contributed by atoms with Crippen molar-refractivity contribution in [2.45, 2.75) is 0 Å². The molecule has 0 aliphatic heterocycles. The van der Waals surface area contributed by atoms with Crippen LogP contribution in [0.5, 0.6) is 0 Å². The Morgan fingerprint density at radius 2 is 1.88 bits per heavy atom. The zero-order chi connectivity index (χ0) is 12.3. The molecule has 0 bridgehead atoms. The summed E-state index contributed by atoms with van der Waals surface area (Å²) in [5, 5.41) is 3.00. The summed E-state index contributed by atoms with van der Waals surface area (Å²) in [7, 11) is 3.82. The number of rotatable bonds is 3. The highest BCUT2D eigenvalue weighted by molar-refractivity contribution is 9.10. The van der Waals surface area contributed by atoms with E-state index in [0.717, 1.165) is 21.8 Å². The Kier molecular flexibility index (Phi) is 3.58. The smallest absolute Gasteiger partial charge is 0.138 e. The van der Waals surface area contributed by atoms with Gasteiger partial charge >= 0.3 is 0 Å². The molecule has 0 atom stereocenters. The summed E-state index contributed by atoms with van der Waals surface area (Å²) < 4.78 is 1.06. The number of anilines is 3. The molecular formula is C12H13BrN4. The van der Waals surface area contributed by atoms with E-state index in [1.807, 2.05) is 49.3 Å². The summed E-state index contributed by atoms with van der Waals surface area (Å²) >= 11 is 3.42. The monoisotopic (exact) mass is 292 g/mol. The van der Waals surface area contributed by atoms with Gasteiger partial charge in [0.15, 0.2) is 0 Å². The van der Waals surface area contributed by atoms with Crippen molar-refractivity contribution < 1.29 is 0 Å². The molecule has 0 saturated carbocycles. The number of aromatic nitrogens is 2. The fraction of sp³-hybridized carbons (Fsp3) is 0.167. The van der Waals surface area contributed by atoms with Crippen LogP contribution in [-0.2, 0) is 0 Å². The molecule has 0 amide bonds. The van der Waals surface area contributed by atoms with Crippen molar-refractivity contribution in [1.82, 2.24) is 9.97 Å². The Labute approximate surface area is 109 Å². The molecule has 5 heteroatoms. The van der Waals surface area contributed by atoms with E-state index in [2.05, 4.69) is 31.2 Å². The SMILES string of the molecule is CNc1cc(N(C)c2ccc(Br)cc2)ncn1. The summed E-state index contributed by atoms with van der Waals surface area (Å²) in [4.78, 5) is 10.3. The molecule has 0 aliphatic carbocycles. The number of hydrogen-bond acceptors (Lipinski definition) is 4. The predicted octanol–water partition coefficient (Wildman–Crippen LogP) is 3.05. The number of halogens is 1. The normalized spacial score (nSPS) is 10.1. The summed E-state index contributed by atoms with van der Waals surface area (Å²) in [6, 6.07) is 9.98. The van der Waals surface area contributed by atoms with E-state index >= 15 is 0 Å². The largest absolute Gasteiger partial charge is 0.373 e. The average molecular weight is 293 g/mol. The first-order valence-electron chi connectivity index (χ1n) is 5.20. The molecule has 1 heterocycles. The maximum absolute atomic E-state index is 4.25. The van der Waals surface area contributed by atoms with Crippen molar-refractivity contribution in [2.24, 2.45) is 0 Å². The topological polar surface area (TPSA) is 41.0 Å². The van der Waals surface area contributed by atoms with Gasteiger partial charge in [0, 0.05) is 30.3 Å². The second kappa shape index (κ2) is 5.14. The standard InChI is InChI=1S/C12H13BrN4/c1-14-11-7-12(16-8-15-11)17(2)10-5-3-9(13)4-6-10/h3-8H,1-2H3,(H,14,15,16). The first kappa shape index (κ1) is 11.9. The van der Waals surface area contributed by atoms with Gasteiger partial charge in [0.05, 0.1) is 0 Å². The highest BCUT2D eigenvalue weighted by atomic mass is 79.9. The third-order valence-corrected chi connectivity index (χ3v) is 3.00. The van der Waals surface area contributed by atoms with Crippen LogP contribution < -0.4 is 10.2 Å². The van der Waals surface area contributed by atoms with E-state index in [1.54, 1.807) is 6.33 Å². The van der Waals surface area contributed by atoms with Crippen molar-refractivity contribution in [3.05, 3.63) is 41.1 Å². The number of nitrogens with zero attached hydrogens (tertiary/aromatic N) is 3. The Bertz CT molecular complexity index is 498. The molecule has 0 spiro atoms. The van der Waals surface area contributed by atoms with Gasteiger partial charge in [-0.15, -0.1) is 0 Å². The van der Waals surface area contributed by atoms with Crippen LogP contribution in [0.4, 0.5) is 17.3 Å². The van der Waals surface area contributed by atoms with E-state index in [9.17, 15) is 0 Å². The van der Waals surface area contributed by atoms with Crippen molar-refractivity contribution in [3.8, 4) is 0 Å². The lowest BCUT2D eigenvalue weighted by Crippen LogP contribution is -2.11. The third-order valence-electron chi connectivity index (χ3n) is 2.47. The summed E-state index contributed by atoms with van der Waals surface area (Å²) in [5.41, 5.74) is 1.08. The predicted molar refractivity (Wildman–Crippen MR) is 73.8 cm³/mol. The lowest BCUT2D eigenvalue weighted by Gasteiger charge is -2.18. The molecule has 4 nitrogen and oxygen atoms in total. The van der Waals surface area contributed by atoms with E-state index in [4.69, 9.17) is 0 Å². The minimum absolute atomic E-state index is 0.805. The van der Waals surface area contributed by atoms with Gasteiger partial charge in [-0.1, -0.05) is 15.9 Å². The molecule has 1 aromatic carbocycles. The molecule has 0 aliphatic rings. The van der Waals surface area contributed by atoms with Crippen LogP contribution in [0.1, 0.15) is 0 Å². The molecule has 0 fully saturated rings. The minimum atomic E-state index is 0.805. The van der Waals surface area contributed by atoms with Crippen LogP contribution in [0.25, 0.3) is 0 Å². The number of hydrogen-bond donors (Lipinski definition) is 1.